The van der Waals surface area contributed by atoms with E-state index in [4.69, 9.17) is 10.3 Å². The summed E-state index contributed by atoms with van der Waals surface area (Å²) in [6, 6.07) is 11.3. The van der Waals surface area contributed by atoms with Crippen molar-refractivity contribution in [3.63, 3.8) is 0 Å². The van der Waals surface area contributed by atoms with Crippen LogP contribution in [0.25, 0.3) is 0 Å². The molecule has 0 saturated carbocycles. The number of aromatic nitrogens is 1. The van der Waals surface area contributed by atoms with Crippen LogP contribution in [-0.4, -0.2) is 45.7 Å². The number of primary amides is 1. The first-order chi connectivity index (χ1) is 12.0. The molecule has 2 amide bonds. The molecule has 1 aromatic carbocycles. The molecule has 8 heteroatoms. The number of amides is 2. The maximum atomic E-state index is 12.3. The molecule has 1 fully saturated rings. The second-order valence-electron chi connectivity index (χ2n) is 6.20. The normalized spacial score (nSPS) is 20.5. The summed E-state index contributed by atoms with van der Waals surface area (Å²) in [6.45, 7) is 1.60. The number of carbonyl (C=O) groups is 2. The van der Waals surface area contributed by atoms with Crippen LogP contribution in [0.5, 0.6) is 0 Å². The van der Waals surface area contributed by atoms with Gasteiger partial charge in [-0.1, -0.05) is 35.5 Å². The minimum atomic E-state index is -1.44. The highest BCUT2D eigenvalue weighted by molar-refractivity contribution is 5.90. The molecule has 1 atom stereocenters. The van der Waals surface area contributed by atoms with Crippen molar-refractivity contribution in [3.05, 3.63) is 53.4 Å². The van der Waals surface area contributed by atoms with E-state index in [0.29, 0.717) is 25.3 Å². The van der Waals surface area contributed by atoms with Crippen molar-refractivity contribution < 1.29 is 19.2 Å². The number of hydrogen-bond acceptors (Lipinski definition) is 6. The second-order valence-corrected chi connectivity index (χ2v) is 6.20. The van der Waals surface area contributed by atoms with Gasteiger partial charge in [-0.15, -0.1) is 0 Å². The van der Waals surface area contributed by atoms with Crippen molar-refractivity contribution in [1.82, 2.24) is 15.4 Å². The molecule has 0 radical (unpaired) electrons. The Balaban J connectivity index is 1.53. The Hall–Kier alpha value is -2.71. The van der Waals surface area contributed by atoms with Crippen LogP contribution in [0.3, 0.4) is 0 Å². The summed E-state index contributed by atoms with van der Waals surface area (Å²) >= 11 is 0. The summed E-state index contributed by atoms with van der Waals surface area (Å²) in [4.78, 5) is 25.3. The van der Waals surface area contributed by atoms with E-state index in [1.54, 1.807) is 0 Å². The number of aliphatic hydroxyl groups is 1. The third kappa shape index (κ3) is 4.04. The molecule has 0 spiro atoms. The van der Waals surface area contributed by atoms with Crippen molar-refractivity contribution in [2.45, 2.75) is 25.1 Å². The lowest BCUT2D eigenvalue weighted by molar-refractivity contribution is -0.138. The standard InChI is InChI=1S/C17H20N4O4/c18-15(22)14-8-13(25-20-14)9-19-16(23)17(24)6-7-21(11-17)10-12-4-2-1-3-5-12/h1-5,8,24H,6-7,9-11H2,(H2,18,22)(H,19,23). The Morgan fingerprint density at radius 3 is 2.80 bits per heavy atom. The molecule has 1 aliphatic rings. The fourth-order valence-corrected chi connectivity index (χ4v) is 2.88. The highest BCUT2D eigenvalue weighted by Gasteiger charge is 2.42. The van der Waals surface area contributed by atoms with Gasteiger partial charge in [0.25, 0.3) is 11.8 Å². The van der Waals surface area contributed by atoms with Gasteiger partial charge < -0.3 is 20.7 Å². The maximum Gasteiger partial charge on any atom is 0.270 e. The largest absolute Gasteiger partial charge is 0.379 e. The lowest BCUT2D eigenvalue weighted by Gasteiger charge is -2.22. The van der Waals surface area contributed by atoms with Crippen molar-refractivity contribution in [1.29, 1.82) is 0 Å². The van der Waals surface area contributed by atoms with Gasteiger partial charge in [0.15, 0.2) is 17.1 Å². The molecular formula is C17H20N4O4. The lowest BCUT2D eigenvalue weighted by atomic mass is 10.0. The van der Waals surface area contributed by atoms with Gasteiger partial charge in [-0.05, 0) is 12.0 Å². The smallest absolute Gasteiger partial charge is 0.270 e. The Morgan fingerprint density at radius 1 is 1.36 bits per heavy atom. The Morgan fingerprint density at radius 2 is 2.12 bits per heavy atom. The lowest BCUT2D eigenvalue weighted by Crippen LogP contribution is -2.48. The topological polar surface area (TPSA) is 122 Å². The van der Waals surface area contributed by atoms with Gasteiger partial charge in [0.2, 0.25) is 0 Å². The van der Waals surface area contributed by atoms with E-state index in [9.17, 15) is 14.7 Å². The van der Waals surface area contributed by atoms with Gasteiger partial charge in [0.1, 0.15) is 0 Å². The van der Waals surface area contributed by atoms with E-state index in [1.165, 1.54) is 6.07 Å². The van der Waals surface area contributed by atoms with Gasteiger partial charge in [0.05, 0.1) is 6.54 Å². The van der Waals surface area contributed by atoms with E-state index >= 15 is 0 Å². The predicted molar refractivity (Wildman–Crippen MR) is 88.2 cm³/mol. The van der Waals surface area contributed by atoms with Crippen LogP contribution in [0.15, 0.2) is 40.9 Å². The quantitative estimate of drug-likeness (QED) is 0.679. The van der Waals surface area contributed by atoms with Gasteiger partial charge in [-0.3, -0.25) is 14.5 Å². The zero-order chi connectivity index (χ0) is 17.9. The van der Waals surface area contributed by atoms with Crippen molar-refractivity contribution in [2.24, 2.45) is 5.73 Å². The molecule has 0 bridgehead atoms. The first-order valence-electron chi connectivity index (χ1n) is 7.99. The molecule has 2 heterocycles. The number of hydrogen-bond donors (Lipinski definition) is 3. The molecule has 132 valence electrons. The van der Waals surface area contributed by atoms with Crippen LogP contribution in [0.1, 0.15) is 28.2 Å². The fraction of sp³-hybridized carbons (Fsp3) is 0.353. The minimum Gasteiger partial charge on any atom is -0.379 e. The van der Waals surface area contributed by atoms with Gasteiger partial charge >= 0.3 is 0 Å². The minimum absolute atomic E-state index is 0.00198. The first kappa shape index (κ1) is 17.1. The predicted octanol–water partition coefficient (Wildman–Crippen LogP) is 0.0267. The van der Waals surface area contributed by atoms with E-state index in [1.807, 2.05) is 35.2 Å². The summed E-state index contributed by atoms with van der Waals surface area (Å²) in [5, 5.41) is 16.7. The average Bonchev–Trinajstić information content (AvgIpc) is 3.21. The van der Waals surface area contributed by atoms with Crippen LogP contribution in [0.2, 0.25) is 0 Å². The van der Waals surface area contributed by atoms with Gasteiger partial charge in [-0.25, -0.2) is 0 Å². The zero-order valence-electron chi connectivity index (χ0n) is 13.6. The number of benzene rings is 1. The number of nitrogens with two attached hydrogens (primary N) is 1. The van der Waals surface area contributed by atoms with Crippen LogP contribution in [-0.2, 0) is 17.9 Å². The van der Waals surface area contributed by atoms with E-state index in [2.05, 4.69) is 10.5 Å². The molecule has 1 aliphatic heterocycles. The first-order valence-corrected chi connectivity index (χ1v) is 7.99. The van der Waals surface area contributed by atoms with Crippen molar-refractivity contribution >= 4 is 11.8 Å². The Bertz CT molecular complexity index is 761. The molecule has 25 heavy (non-hydrogen) atoms. The molecule has 1 aromatic heterocycles. The summed E-state index contributed by atoms with van der Waals surface area (Å²) in [6.07, 6.45) is 0.356. The Kier molecular flexibility index (Phi) is 4.82. The van der Waals surface area contributed by atoms with Gasteiger partial charge in [0, 0.05) is 25.7 Å². The summed E-state index contributed by atoms with van der Waals surface area (Å²) < 4.78 is 4.91. The van der Waals surface area contributed by atoms with Crippen LogP contribution in [0, 0.1) is 0 Å². The van der Waals surface area contributed by atoms with E-state index in [-0.39, 0.29) is 18.8 Å². The monoisotopic (exact) mass is 344 g/mol. The molecular weight excluding hydrogens is 324 g/mol. The summed E-state index contributed by atoms with van der Waals surface area (Å²) in [7, 11) is 0. The third-order valence-corrected chi connectivity index (χ3v) is 4.23. The number of nitrogens with zero attached hydrogens (tertiary/aromatic N) is 2. The van der Waals surface area contributed by atoms with E-state index in [0.717, 1.165) is 5.56 Å². The third-order valence-electron chi connectivity index (χ3n) is 4.23. The van der Waals surface area contributed by atoms with Crippen molar-refractivity contribution in [2.75, 3.05) is 13.1 Å². The maximum absolute atomic E-state index is 12.3. The molecule has 4 N–H and O–H groups in total. The van der Waals surface area contributed by atoms with E-state index < -0.39 is 17.4 Å². The number of likely N-dealkylation sites (tertiary alicyclic amines) is 1. The highest BCUT2D eigenvalue weighted by atomic mass is 16.5. The number of carbonyl (C=O) groups excluding carboxylic acids is 2. The van der Waals surface area contributed by atoms with Crippen LogP contribution < -0.4 is 11.1 Å². The summed E-state index contributed by atoms with van der Waals surface area (Å²) in [5.41, 5.74) is 4.77. The van der Waals surface area contributed by atoms with Crippen LogP contribution >= 0.6 is 0 Å². The summed E-state index contributed by atoms with van der Waals surface area (Å²) in [5.74, 6) is -0.878. The molecule has 2 aromatic rings. The zero-order valence-corrected chi connectivity index (χ0v) is 13.6. The number of nitrogens with one attached hydrogen (secondary N) is 1. The molecule has 3 rings (SSSR count). The molecule has 1 saturated heterocycles. The highest BCUT2D eigenvalue weighted by Crippen LogP contribution is 2.23. The molecule has 0 aliphatic carbocycles. The SMILES string of the molecule is NC(=O)c1cc(CNC(=O)C2(O)CCN(Cc3ccccc3)C2)on1. The number of rotatable bonds is 6. The molecule has 8 nitrogen and oxygen atoms in total. The van der Waals surface area contributed by atoms with Crippen molar-refractivity contribution in [3.8, 4) is 0 Å². The average molecular weight is 344 g/mol. The fourth-order valence-electron chi connectivity index (χ4n) is 2.88. The van der Waals surface area contributed by atoms with Crippen LogP contribution in [0.4, 0.5) is 0 Å². The molecule has 1 unspecified atom stereocenters. The Labute approximate surface area is 144 Å². The second kappa shape index (κ2) is 7.04. The number of β-amino-alcohol motifs (C(OH)–C–C–N with tert-alkyl or cyclic N) is 1. The van der Waals surface area contributed by atoms with Gasteiger partial charge in [-0.2, -0.15) is 0 Å².